The second-order valence-electron chi connectivity index (χ2n) is 4.90. The van der Waals surface area contributed by atoms with Gasteiger partial charge in [0.25, 0.3) is 5.91 Å². The number of nitrogen functional groups attached to an aromatic ring is 1. The number of carbonyl (C=O) groups excluding carboxylic acids is 2. The molecule has 1 aromatic carbocycles. The molecule has 104 valence electrons. The molecule has 20 heavy (non-hydrogen) atoms. The van der Waals surface area contributed by atoms with Crippen LogP contribution in [0.1, 0.15) is 16.8 Å². The van der Waals surface area contributed by atoms with Crippen molar-refractivity contribution in [2.75, 3.05) is 25.4 Å². The number of nitrogens with zero attached hydrogens (tertiary/aromatic N) is 1. The number of aromatic nitrogens is 1. The second-order valence-corrected chi connectivity index (χ2v) is 4.90. The van der Waals surface area contributed by atoms with Gasteiger partial charge in [-0.2, -0.15) is 0 Å². The number of fused-ring (bicyclic) bond motifs is 1. The Hall–Kier alpha value is -2.50. The van der Waals surface area contributed by atoms with Crippen LogP contribution in [0.25, 0.3) is 10.9 Å². The van der Waals surface area contributed by atoms with Gasteiger partial charge in [-0.3, -0.25) is 9.59 Å². The molecule has 1 aliphatic rings. The predicted octanol–water partition coefficient (Wildman–Crippen LogP) is 0.712. The van der Waals surface area contributed by atoms with Gasteiger partial charge in [0.1, 0.15) is 0 Å². The molecule has 0 saturated carbocycles. The van der Waals surface area contributed by atoms with Crippen molar-refractivity contribution >= 4 is 28.4 Å². The minimum absolute atomic E-state index is 0.00741. The summed E-state index contributed by atoms with van der Waals surface area (Å²) >= 11 is 0. The number of aromatic amines is 1. The Kier molecular flexibility index (Phi) is 3.06. The summed E-state index contributed by atoms with van der Waals surface area (Å²) in [6.07, 6.45) is 2.05. The molecular weight excluding hydrogens is 256 g/mol. The summed E-state index contributed by atoms with van der Waals surface area (Å²) in [5.41, 5.74) is 7.85. The monoisotopic (exact) mass is 272 g/mol. The minimum Gasteiger partial charge on any atom is -0.399 e. The molecule has 6 nitrogen and oxygen atoms in total. The number of rotatable bonds is 1. The molecule has 2 aromatic rings. The Morgan fingerprint density at radius 1 is 1.30 bits per heavy atom. The lowest BCUT2D eigenvalue weighted by Crippen LogP contribution is -2.34. The van der Waals surface area contributed by atoms with Gasteiger partial charge in [0.15, 0.2) is 0 Å². The maximum atomic E-state index is 12.6. The number of nitrogens with two attached hydrogens (primary N) is 1. The zero-order valence-corrected chi connectivity index (χ0v) is 11.0. The first kappa shape index (κ1) is 12.5. The van der Waals surface area contributed by atoms with Gasteiger partial charge < -0.3 is 20.9 Å². The van der Waals surface area contributed by atoms with Crippen molar-refractivity contribution in [2.24, 2.45) is 0 Å². The molecule has 1 aromatic heterocycles. The van der Waals surface area contributed by atoms with Crippen LogP contribution in [0.4, 0.5) is 5.69 Å². The first-order valence-electron chi connectivity index (χ1n) is 6.58. The fraction of sp³-hybridized carbons (Fsp3) is 0.286. The van der Waals surface area contributed by atoms with Gasteiger partial charge in [-0.05, 0) is 18.2 Å². The predicted molar refractivity (Wildman–Crippen MR) is 76.2 cm³/mol. The topological polar surface area (TPSA) is 91.2 Å². The summed E-state index contributed by atoms with van der Waals surface area (Å²) in [7, 11) is 0. The number of H-pyrrole nitrogens is 1. The first-order valence-corrected chi connectivity index (χ1v) is 6.58. The molecular formula is C14H16N4O2. The number of hydrogen-bond acceptors (Lipinski definition) is 3. The van der Waals surface area contributed by atoms with Crippen molar-refractivity contribution in [2.45, 2.75) is 6.42 Å². The van der Waals surface area contributed by atoms with E-state index in [9.17, 15) is 9.59 Å². The van der Waals surface area contributed by atoms with E-state index in [0.29, 0.717) is 37.3 Å². The molecule has 2 heterocycles. The van der Waals surface area contributed by atoms with E-state index in [1.54, 1.807) is 23.2 Å². The average Bonchev–Trinajstić information content (AvgIpc) is 2.72. The van der Waals surface area contributed by atoms with Crippen molar-refractivity contribution in [3.8, 4) is 0 Å². The Morgan fingerprint density at radius 2 is 2.15 bits per heavy atom. The number of benzene rings is 1. The Morgan fingerprint density at radius 3 is 3.00 bits per heavy atom. The largest absolute Gasteiger partial charge is 0.399 e. The van der Waals surface area contributed by atoms with Crippen molar-refractivity contribution < 1.29 is 9.59 Å². The van der Waals surface area contributed by atoms with Crippen molar-refractivity contribution in [3.05, 3.63) is 30.0 Å². The van der Waals surface area contributed by atoms with Gasteiger partial charge >= 0.3 is 0 Å². The van der Waals surface area contributed by atoms with E-state index in [1.165, 1.54) is 0 Å². The summed E-state index contributed by atoms with van der Waals surface area (Å²) in [5.74, 6) is -0.0653. The molecule has 0 spiro atoms. The molecule has 2 amide bonds. The maximum Gasteiger partial charge on any atom is 0.256 e. The highest BCUT2D eigenvalue weighted by Gasteiger charge is 2.21. The summed E-state index contributed by atoms with van der Waals surface area (Å²) in [6, 6.07) is 5.43. The highest BCUT2D eigenvalue weighted by atomic mass is 16.2. The summed E-state index contributed by atoms with van der Waals surface area (Å²) in [5, 5.41) is 3.62. The lowest BCUT2D eigenvalue weighted by molar-refractivity contribution is -0.120. The molecule has 1 fully saturated rings. The number of hydrogen-bond donors (Lipinski definition) is 3. The number of anilines is 1. The highest BCUT2D eigenvalue weighted by Crippen LogP contribution is 2.22. The Bertz CT molecular complexity index is 677. The van der Waals surface area contributed by atoms with Crippen LogP contribution in [0.2, 0.25) is 0 Å². The highest BCUT2D eigenvalue weighted by molar-refractivity contribution is 6.07. The van der Waals surface area contributed by atoms with Crippen LogP contribution in [0, 0.1) is 0 Å². The van der Waals surface area contributed by atoms with Crippen LogP contribution in [-0.2, 0) is 4.79 Å². The Labute approximate surface area is 115 Å². The normalized spacial score (nSPS) is 16.0. The number of nitrogens with one attached hydrogen (secondary N) is 2. The number of amides is 2. The lowest BCUT2D eigenvalue weighted by atomic mass is 10.1. The average molecular weight is 272 g/mol. The van der Waals surface area contributed by atoms with Gasteiger partial charge in [0, 0.05) is 48.8 Å². The van der Waals surface area contributed by atoms with E-state index in [0.717, 1.165) is 10.9 Å². The van der Waals surface area contributed by atoms with Crippen molar-refractivity contribution in [3.63, 3.8) is 0 Å². The van der Waals surface area contributed by atoms with Crippen molar-refractivity contribution in [1.82, 2.24) is 15.2 Å². The smallest absolute Gasteiger partial charge is 0.256 e. The fourth-order valence-electron chi connectivity index (χ4n) is 2.46. The molecule has 4 N–H and O–H groups in total. The van der Waals surface area contributed by atoms with E-state index in [2.05, 4.69) is 10.3 Å². The van der Waals surface area contributed by atoms with Crippen LogP contribution in [0.15, 0.2) is 24.4 Å². The maximum absolute atomic E-state index is 12.6. The van der Waals surface area contributed by atoms with E-state index in [-0.39, 0.29) is 11.8 Å². The van der Waals surface area contributed by atoms with Crippen LogP contribution in [0.3, 0.4) is 0 Å². The van der Waals surface area contributed by atoms with E-state index < -0.39 is 0 Å². The van der Waals surface area contributed by atoms with E-state index in [1.807, 2.05) is 6.07 Å². The standard InChI is InChI=1S/C14H16N4O2/c15-9-1-2-10-11(8-17-12(10)7-9)14(20)18-5-3-13(19)16-4-6-18/h1-2,7-8,17H,3-6,15H2,(H,16,19). The molecule has 6 heteroatoms. The molecule has 0 aliphatic carbocycles. The molecule has 0 unspecified atom stereocenters. The van der Waals surface area contributed by atoms with Crippen molar-refractivity contribution in [1.29, 1.82) is 0 Å². The molecule has 3 rings (SSSR count). The van der Waals surface area contributed by atoms with Crippen LogP contribution in [-0.4, -0.2) is 41.3 Å². The molecule has 0 radical (unpaired) electrons. The van der Waals surface area contributed by atoms with Gasteiger partial charge in [0.2, 0.25) is 5.91 Å². The zero-order valence-electron chi connectivity index (χ0n) is 11.0. The third-order valence-corrected chi connectivity index (χ3v) is 3.54. The van der Waals surface area contributed by atoms with Gasteiger partial charge in [-0.15, -0.1) is 0 Å². The van der Waals surface area contributed by atoms with Gasteiger partial charge in [0.05, 0.1) is 5.56 Å². The van der Waals surface area contributed by atoms with Crippen LogP contribution < -0.4 is 11.1 Å². The second kappa shape index (κ2) is 4.88. The van der Waals surface area contributed by atoms with Crippen LogP contribution >= 0.6 is 0 Å². The lowest BCUT2D eigenvalue weighted by Gasteiger charge is -2.19. The first-order chi connectivity index (χ1) is 9.65. The quantitative estimate of drug-likeness (QED) is 0.668. The minimum atomic E-state index is -0.0579. The Balaban J connectivity index is 1.90. The summed E-state index contributed by atoms with van der Waals surface area (Å²) in [6.45, 7) is 1.48. The molecule has 1 aliphatic heterocycles. The van der Waals surface area contributed by atoms with Crippen LogP contribution in [0.5, 0.6) is 0 Å². The fourth-order valence-corrected chi connectivity index (χ4v) is 2.46. The zero-order chi connectivity index (χ0) is 14.1. The third-order valence-electron chi connectivity index (χ3n) is 3.54. The van der Waals surface area contributed by atoms with E-state index in [4.69, 9.17) is 5.73 Å². The SMILES string of the molecule is Nc1ccc2c(C(=O)N3CCNC(=O)CC3)c[nH]c2c1. The molecule has 0 atom stereocenters. The summed E-state index contributed by atoms with van der Waals surface area (Å²) < 4.78 is 0. The molecule has 1 saturated heterocycles. The van der Waals surface area contributed by atoms with Gasteiger partial charge in [-0.1, -0.05) is 0 Å². The van der Waals surface area contributed by atoms with Gasteiger partial charge in [-0.25, -0.2) is 0 Å². The summed E-state index contributed by atoms with van der Waals surface area (Å²) in [4.78, 5) is 28.6. The third kappa shape index (κ3) is 2.20. The molecule has 0 bridgehead atoms. The number of carbonyl (C=O) groups is 2. The van der Waals surface area contributed by atoms with E-state index >= 15 is 0 Å².